The van der Waals surface area contributed by atoms with Crippen LogP contribution in [0.4, 0.5) is 10.5 Å². The van der Waals surface area contributed by atoms with Crippen molar-refractivity contribution in [3.05, 3.63) is 40.2 Å². The van der Waals surface area contributed by atoms with E-state index in [4.69, 9.17) is 0 Å². The minimum Gasteiger partial charge on any atom is 4.00 e. The predicted octanol–water partition coefficient (Wildman–Crippen LogP) is 5.66. The predicted molar refractivity (Wildman–Crippen MR) is 104 cm³/mol. The van der Waals surface area contributed by atoms with Crippen LogP contribution in [0.15, 0.2) is 24.3 Å². The van der Waals surface area contributed by atoms with Gasteiger partial charge in [-0.2, -0.15) is 39.3 Å². The zero-order valence-electron chi connectivity index (χ0n) is 16.5. The molecule has 0 heterocycles. The van der Waals surface area contributed by atoms with Gasteiger partial charge in [0.05, 0.1) is 0 Å². The Morgan fingerprint density at radius 3 is 0.960 bits per heavy atom. The quantitative estimate of drug-likeness (QED) is 0.292. The van der Waals surface area contributed by atoms with Gasteiger partial charge in [-0.3, -0.25) is 0 Å². The number of hydrogen-bond acceptors (Lipinski definition) is 0. The van der Waals surface area contributed by atoms with E-state index in [1.165, 1.54) is 12.1 Å². The van der Waals surface area contributed by atoms with E-state index >= 15 is 0 Å². The zero-order valence-corrected chi connectivity index (χ0v) is 22.2. The van der Waals surface area contributed by atoms with E-state index in [0.29, 0.717) is 0 Å². The van der Waals surface area contributed by atoms with Gasteiger partial charge in [0.1, 0.15) is 0 Å². The Kier molecular flexibility index (Phi) is 35.2. The van der Waals surface area contributed by atoms with Crippen LogP contribution in [0.1, 0.15) is 41.5 Å². The van der Waals surface area contributed by atoms with Gasteiger partial charge in [-0.25, -0.2) is 0 Å². The minimum absolute atomic E-state index is 0. The van der Waals surface area contributed by atoms with Crippen molar-refractivity contribution >= 4 is 19.1 Å². The first-order valence-corrected chi connectivity index (χ1v) is 12.0. The van der Waals surface area contributed by atoms with Gasteiger partial charge in [0.15, 0.2) is 0 Å². The SMILES string of the molecule is CC[N-]CC.CC[N-]CC.CC[N-]CC.[F][Ge]([F])([F])[c-]1cccc1.[Hf+4]. The van der Waals surface area contributed by atoms with Crippen LogP contribution >= 0.6 is 0 Å². The third-order valence-electron chi connectivity index (χ3n) is 2.33. The van der Waals surface area contributed by atoms with Crippen LogP contribution in [0, 0.1) is 0 Å². The zero-order chi connectivity index (χ0) is 19.3. The Hall–Kier alpha value is 0.433. The van der Waals surface area contributed by atoms with Crippen molar-refractivity contribution in [1.29, 1.82) is 0 Å². The maximum Gasteiger partial charge on any atom is 4.00 e. The summed E-state index contributed by atoms with van der Waals surface area (Å²) < 4.78 is 35.0. The molecule has 0 radical (unpaired) electrons. The summed E-state index contributed by atoms with van der Waals surface area (Å²) in [5, 5.41) is 11.9. The van der Waals surface area contributed by atoms with Crippen LogP contribution in [-0.4, -0.2) is 53.9 Å². The topological polar surface area (TPSA) is 42.3 Å². The molecular weight excluding hydrogens is 554 g/mol. The minimum atomic E-state index is -5.94. The molecule has 0 aliphatic heterocycles. The van der Waals surface area contributed by atoms with Crippen LogP contribution in [-0.2, 0) is 25.8 Å². The second kappa shape index (κ2) is 26.7. The summed E-state index contributed by atoms with van der Waals surface area (Å²) in [4.78, 5) is 0. The normalized spacial score (nSPS) is 9.32. The fourth-order valence-electron chi connectivity index (χ4n) is 1.23. The second-order valence-corrected chi connectivity index (χ2v) is 7.54. The van der Waals surface area contributed by atoms with Gasteiger partial charge >= 0.3 is 79.7 Å². The molecule has 8 heteroatoms. The fourth-order valence-corrected chi connectivity index (χ4v) is 2.43. The molecule has 146 valence electrons. The number of hydrogen-bond donors (Lipinski definition) is 0. The average Bonchev–Trinajstić information content (AvgIpc) is 3.06. The molecule has 0 aliphatic rings. The van der Waals surface area contributed by atoms with Crippen molar-refractivity contribution in [1.82, 2.24) is 0 Å². The maximum atomic E-state index is 11.8. The van der Waals surface area contributed by atoms with Gasteiger partial charge in [0.2, 0.25) is 0 Å². The van der Waals surface area contributed by atoms with Crippen LogP contribution in [0.25, 0.3) is 16.0 Å². The Morgan fingerprint density at radius 2 is 0.880 bits per heavy atom. The van der Waals surface area contributed by atoms with Crippen LogP contribution in [0.3, 0.4) is 0 Å². The van der Waals surface area contributed by atoms with Gasteiger partial charge in [-0.1, -0.05) is 41.5 Å². The molecular formula is C17H34F3GeHfN3. The molecule has 1 aromatic rings. The fraction of sp³-hybridized carbons (Fsp3) is 0.706. The molecule has 0 N–H and O–H groups in total. The van der Waals surface area contributed by atoms with Gasteiger partial charge in [0, 0.05) is 0 Å². The molecule has 1 aromatic carbocycles. The number of nitrogens with zero attached hydrogens (tertiary/aromatic N) is 3. The third kappa shape index (κ3) is 32.6. The molecule has 0 atom stereocenters. The van der Waals surface area contributed by atoms with Gasteiger partial charge in [-0.05, 0) is 0 Å². The van der Waals surface area contributed by atoms with Gasteiger partial charge in [0.25, 0.3) is 0 Å². The van der Waals surface area contributed by atoms with Crippen LogP contribution in [0.5, 0.6) is 0 Å². The molecule has 0 aliphatic carbocycles. The van der Waals surface area contributed by atoms with Crippen molar-refractivity contribution < 1.29 is 36.3 Å². The van der Waals surface area contributed by atoms with Crippen molar-refractivity contribution in [2.24, 2.45) is 0 Å². The number of halogens is 3. The molecule has 0 unspecified atom stereocenters. The molecule has 1 rings (SSSR count). The van der Waals surface area contributed by atoms with Crippen molar-refractivity contribution in [2.45, 2.75) is 41.5 Å². The molecule has 0 bridgehead atoms. The van der Waals surface area contributed by atoms with E-state index in [2.05, 4.69) is 16.0 Å². The smallest absolute Gasteiger partial charge is 4.00 e. The Balaban J connectivity index is -0.000000122. The monoisotopic (exact) mass is 591 g/mol. The summed E-state index contributed by atoms with van der Waals surface area (Å²) in [6, 6.07) is 5.07. The van der Waals surface area contributed by atoms with Gasteiger partial charge < -0.3 is 16.0 Å². The first-order chi connectivity index (χ1) is 11.3. The molecule has 0 amide bonds. The maximum absolute atomic E-state index is 11.8. The molecule has 0 aromatic heterocycles. The molecule has 0 saturated heterocycles. The van der Waals surface area contributed by atoms with E-state index < -0.39 is 19.1 Å². The first-order valence-electron chi connectivity index (χ1n) is 8.53. The Morgan fingerprint density at radius 1 is 0.640 bits per heavy atom. The summed E-state index contributed by atoms with van der Waals surface area (Å²) in [5.41, 5.74) is 0. The largest absolute Gasteiger partial charge is 4.00 e. The summed E-state index contributed by atoms with van der Waals surface area (Å²) in [6.07, 6.45) is 0. The average molecular weight is 589 g/mol. The molecule has 25 heavy (non-hydrogen) atoms. The molecule has 0 fully saturated rings. The standard InChI is InChI=1S/C5H4F3Ge.3C4H10N.Hf/c6-9(7,8)5-3-1-2-4-5;3*1-3-5-4-2;/h1-4H;3*3-4H2,1-2H3;/q4*-1;+4. The van der Waals surface area contributed by atoms with E-state index in [1.54, 1.807) is 0 Å². The van der Waals surface area contributed by atoms with Crippen molar-refractivity contribution in [3.8, 4) is 0 Å². The van der Waals surface area contributed by atoms with Gasteiger partial charge in [-0.15, -0.1) is 0 Å². The second-order valence-electron chi connectivity index (χ2n) is 4.24. The number of rotatable bonds is 7. The van der Waals surface area contributed by atoms with Crippen LogP contribution < -0.4 is 4.40 Å². The summed E-state index contributed by atoms with van der Waals surface area (Å²) in [6.45, 7) is 18.1. The Bertz CT molecular complexity index is 290. The molecule has 0 spiro atoms. The third-order valence-corrected chi connectivity index (χ3v) is 4.40. The van der Waals surface area contributed by atoms with Crippen LogP contribution in [0.2, 0.25) is 0 Å². The Labute approximate surface area is 175 Å². The molecule has 3 nitrogen and oxygen atoms in total. The van der Waals surface area contributed by atoms with E-state index in [-0.39, 0.29) is 25.8 Å². The summed E-state index contributed by atoms with van der Waals surface area (Å²) in [5.74, 6) is 0. The molecule has 0 saturated carbocycles. The van der Waals surface area contributed by atoms with E-state index in [0.717, 1.165) is 51.4 Å². The summed E-state index contributed by atoms with van der Waals surface area (Å²) in [7, 11) is 0. The van der Waals surface area contributed by atoms with Crippen molar-refractivity contribution in [3.63, 3.8) is 0 Å². The van der Waals surface area contributed by atoms with Crippen molar-refractivity contribution in [2.75, 3.05) is 39.3 Å². The first kappa shape index (κ1) is 33.1. The van der Waals surface area contributed by atoms with E-state index in [1.807, 2.05) is 41.5 Å². The summed E-state index contributed by atoms with van der Waals surface area (Å²) >= 11 is -5.94. The van der Waals surface area contributed by atoms with E-state index in [9.17, 15) is 10.5 Å².